The number of amides is 1. The van der Waals surface area contributed by atoms with Gasteiger partial charge in [-0.15, -0.1) is 11.3 Å². The number of alkyl halides is 3. The van der Waals surface area contributed by atoms with Crippen molar-refractivity contribution in [1.29, 1.82) is 0 Å². The van der Waals surface area contributed by atoms with E-state index in [1.165, 1.54) is 24.3 Å². The van der Waals surface area contributed by atoms with Gasteiger partial charge in [-0.1, -0.05) is 24.3 Å². The van der Waals surface area contributed by atoms with Gasteiger partial charge in [0.25, 0.3) is 0 Å². The lowest BCUT2D eigenvalue weighted by Crippen LogP contribution is -2.46. The van der Waals surface area contributed by atoms with Crippen LogP contribution >= 0.6 is 11.3 Å². The first-order chi connectivity index (χ1) is 17.7. The Hall–Kier alpha value is -3.46. The Kier molecular flexibility index (Phi) is 7.82. The molecule has 3 aromatic rings. The first kappa shape index (κ1) is 26.6. The Morgan fingerprint density at radius 3 is 2.32 bits per heavy atom. The number of thiophene rings is 1. The molecule has 2 saturated heterocycles. The van der Waals surface area contributed by atoms with Crippen LogP contribution in [0, 0.1) is 6.92 Å². The highest BCUT2D eigenvalue weighted by atomic mass is 32.1. The van der Waals surface area contributed by atoms with Gasteiger partial charge < -0.3 is 4.74 Å². The summed E-state index contributed by atoms with van der Waals surface area (Å²) in [6.07, 6.45) is -3.19. The maximum Gasteiger partial charge on any atom is 0.416 e. The summed E-state index contributed by atoms with van der Waals surface area (Å²) in [5, 5.41) is 1.93. The van der Waals surface area contributed by atoms with Crippen molar-refractivity contribution in [1.82, 2.24) is 4.90 Å². The molecule has 2 aliphatic rings. The van der Waals surface area contributed by atoms with Gasteiger partial charge >= 0.3 is 18.4 Å². The molecular weight excluding hydrogens is 505 g/mol. The van der Waals surface area contributed by atoms with E-state index in [4.69, 9.17) is 14.3 Å². The number of rotatable bonds is 4. The van der Waals surface area contributed by atoms with Gasteiger partial charge in [-0.2, -0.15) is 22.8 Å². The van der Waals surface area contributed by atoms with Crippen LogP contribution in [0.2, 0.25) is 0 Å². The fourth-order valence-corrected chi connectivity index (χ4v) is 5.68. The zero-order chi connectivity index (χ0) is 26.6. The highest BCUT2D eigenvalue weighted by Crippen LogP contribution is 2.40. The largest absolute Gasteiger partial charge is 0.441 e. The van der Waals surface area contributed by atoms with Crippen LogP contribution in [-0.4, -0.2) is 42.4 Å². The van der Waals surface area contributed by atoms with E-state index in [0.29, 0.717) is 44.6 Å². The highest BCUT2D eigenvalue weighted by Gasteiger charge is 2.47. The maximum atomic E-state index is 13.6. The van der Waals surface area contributed by atoms with Crippen LogP contribution in [-0.2, 0) is 27.0 Å². The lowest BCUT2D eigenvalue weighted by atomic mass is 9.90. The minimum absolute atomic E-state index is 0.233. The summed E-state index contributed by atoms with van der Waals surface area (Å²) in [5.74, 6) is 0. The van der Waals surface area contributed by atoms with Crippen LogP contribution in [0.1, 0.15) is 29.5 Å². The van der Waals surface area contributed by atoms with Gasteiger partial charge in [0, 0.05) is 43.0 Å². The summed E-state index contributed by atoms with van der Waals surface area (Å²) in [5.41, 5.74) is 1.43. The summed E-state index contributed by atoms with van der Waals surface area (Å²) >= 11 is 1.53. The number of anilines is 1. The normalized spacial score (nSPS) is 17.2. The minimum Gasteiger partial charge on any atom is -0.441 e. The number of carbonyl (C=O) groups is 1. The van der Waals surface area contributed by atoms with Crippen molar-refractivity contribution in [3.05, 3.63) is 76.7 Å². The van der Waals surface area contributed by atoms with E-state index in [1.807, 2.05) is 47.8 Å². The van der Waals surface area contributed by atoms with Crippen LogP contribution in [0.5, 0.6) is 0 Å². The standard InChI is InChI=1S/C26H25F3N2O2S.CO2/c1-18-14-21(23-8-5-13-34-23)19(15-22(18)26(27,28)29)16-30-11-9-25(10-12-30)17-31(24(32)33-25)20-6-3-2-4-7-20;2-1-3/h2-8,13-15H,9-12,16-17H2,1H3;. The van der Waals surface area contributed by atoms with Crippen molar-refractivity contribution in [2.24, 2.45) is 0 Å². The van der Waals surface area contributed by atoms with E-state index in [9.17, 15) is 18.0 Å². The van der Waals surface area contributed by atoms with Crippen LogP contribution in [0.3, 0.4) is 0 Å². The van der Waals surface area contributed by atoms with Gasteiger partial charge in [-0.25, -0.2) is 4.79 Å². The first-order valence-electron chi connectivity index (χ1n) is 11.7. The van der Waals surface area contributed by atoms with E-state index in [1.54, 1.807) is 11.0 Å². The fraction of sp³-hybridized carbons (Fsp3) is 0.333. The van der Waals surface area contributed by atoms with Crippen molar-refractivity contribution in [2.75, 3.05) is 24.5 Å². The molecular formula is C27H25F3N2O4S. The van der Waals surface area contributed by atoms with Gasteiger partial charge in [0.1, 0.15) is 5.60 Å². The quantitative estimate of drug-likeness (QED) is 0.405. The SMILES string of the molecule is Cc1cc(-c2cccs2)c(CN2CCC3(CC2)CN(c2ccccc2)C(=O)O3)cc1C(F)(F)F.O=C=O. The van der Waals surface area contributed by atoms with Crippen molar-refractivity contribution in [3.63, 3.8) is 0 Å². The first-order valence-corrected chi connectivity index (χ1v) is 12.6. The molecule has 0 bridgehead atoms. The van der Waals surface area contributed by atoms with Gasteiger partial charge in [0.2, 0.25) is 0 Å². The number of carbonyl (C=O) groups excluding carboxylic acids is 3. The predicted octanol–water partition coefficient (Wildman–Crippen LogP) is 6.15. The topological polar surface area (TPSA) is 66.9 Å². The third-order valence-electron chi connectivity index (χ3n) is 6.74. The molecule has 0 unspecified atom stereocenters. The Morgan fingerprint density at radius 1 is 1.05 bits per heavy atom. The molecule has 0 aliphatic carbocycles. The summed E-state index contributed by atoms with van der Waals surface area (Å²) in [4.78, 5) is 33.6. The van der Waals surface area contributed by atoms with Crippen LogP contribution in [0.4, 0.5) is 23.7 Å². The van der Waals surface area contributed by atoms with Crippen molar-refractivity contribution in [3.8, 4) is 10.4 Å². The van der Waals surface area contributed by atoms with E-state index >= 15 is 0 Å². The molecule has 5 rings (SSSR count). The molecule has 0 atom stereocenters. The van der Waals surface area contributed by atoms with E-state index in [-0.39, 0.29) is 17.8 Å². The number of likely N-dealkylation sites (tertiary alicyclic amines) is 1. The van der Waals surface area contributed by atoms with Crippen molar-refractivity contribution in [2.45, 2.75) is 38.1 Å². The Bertz CT molecular complexity index is 1260. The second kappa shape index (κ2) is 10.9. The monoisotopic (exact) mass is 530 g/mol. The number of nitrogens with zero attached hydrogens (tertiary/aromatic N) is 2. The molecule has 1 aromatic heterocycles. The molecule has 0 radical (unpaired) electrons. The molecule has 2 aromatic carbocycles. The molecule has 194 valence electrons. The number of piperidine rings is 1. The molecule has 2 aliphatic heterocycles. The summed E-state index contributed by atoms with van der Waals surface area (Å²) < 4.78 is 46.7. The molecule has 1 amide bonds. The fourth-order valence-electron chi connectivity index (χ4n) is 4.90. The number of benzene rings is 2. The summed E-state index contributed by atoms with van der Waals surface area (Å²) in [7, 11) is 0. The number of hydrogen-bond acceptors (Lipinski definition) is 6. The Labute approximate surface area is 216 Å². The van der Waals surface area contributed by atoms with Crippen LogP contribution in [0.25, 0.3) is 10.4 Å². The second-order valence-electron chi connectivity index (χ2n) is 9.13. The molecule has 37 heavy (non-hydrogen) atoms. The van der Waals surface area contributed by atoms with Gasteiger partial charge in [0.05, 0.1) is 12.1 Å². The lowest BCUT2D eigenvalue weighted by molar-refractivity contribution is -0.191. The van der Waals surface area contributed by atoms with Crippen LogP contribution in [0.15, 0.2) is 60.0 Å². The van der Waals surface area contributed by atoms with Gasteiger partial charge in [-0.05, 0) is 59.3 Å². The van der Waals surface area contributed by atoms with Crippen molar-refractivity contribution < 1.29 is 32.3 Å². The van der Waals surface area contributed by atoms with E-state index < -0.39 is 17.3 Å². The molecule has 2 fully saturated rings. The van der Waals surface area contributed by atoms with Crippen LogP contribution < -0.4 is 4.90 Å². The smallest absolute Gasteiger partial charge is 0.416 e. The highest BCUT2D eigenvalue weighted by molar-refractivity contribution is 7.13. The van der Waals surface area contributed by atoms with Crippen molar-refractivity contribution >= 4 is 29.3 Å². The average molecular weight is 531 g/mol. The number of para-hydroxylation sites is 1. The lowest BCUT2D eigenvalue weighted by Gasteiger charge is -2.37. The molecule has 1 spiro atoms. The Balaban J connectivity index is 0.00000102. The van der Waals surface area contributed by atoms with E-state index in [2.05, 4.69) is 4.90 Å². The zero-order valence-electron chi connectivity index (χ0n) is 20.1. The average Bonchev–Trinajstić information content (AvgIpc) is 3.50. The van der Waals surface area contributed by atoms with E-state index in [0.717, 1.165) is 16.1 Å². The van der Waals surface area contributed by atoms with Gasteiger partial charge in [-0.3, -0.25) is 9.80 Å². The summed E-state index contributed by atoms with van der Waals surface area (Å²) in [6, 6.07) is 16.3. The molecule has 3 heterocycles. The third-order valence-corrected chi connectivity index (χ3v) is 7.64. The maximum absolute atomic E-state index is 13.6. The number of hydrogen-bond donors (Lipinski definition) is 0. The summed E-state index contributed by atoms with van der Waals surface area (Å²) in [6.45, 7) is 3.72. The molecule has 10 heteroatoms. The Morgan fingerprint density at radius 2 is 1.73 bits per heavy atom. The molecule has 0 saturated carbocycles. The minimum atomic E-state index is -4.39. The number of halogens is 3. The number of aryl methyl sites for hydroxylation is 1. The molecule has 6 nitrogen and oxygen atoms in total. The second-order valence-corrected chi connectivity index (χ2v) is 10.1. The van der Waals surface area contributed by atoms with Gasteiger partial charge in [0.15, 0.2) is 0 Å². The third kappa shape index (κ3) is 5.93. The number of ether oxygens (including phenoxy) is 1. The zero-order valence-corrected chi connectivity index (χ0v) is 20.9. The predicted molar refractivity (Wildman–Crippen MR) is 132 cm³/mol. The molecule has 0 N–H and O–H groups in total.